The summed E-state index contributed by atoms with van der Waals surface area (Å²) in [5.74, 6) is 1.48. The highest BCUT2D eigenvalue weighted by Gasteiger charge is 2.68. The smallest absolute Gasteiger partial charge is 0.164 e. The standard InChI is InChI=1S/C31H49NO3/c1-26(2)14-16-31(25(34)19-33)17-15-29(6)20(21(31)18-26)8-9-23-28(5)12-11-24(32-35)27(3,4)22(28)10-13-30(23,29)7/h8,21-23,33,35H,9-19H2,1-7H3/b32-24+/t21-,22-,23+,28-,29+,30+,31-/m0/s1. The van der Waals surface area contributed by atoms with Crippen LogP contribution >= 0.6 is 0 Å². The molecule has 5 aliphatic carbocycles. The van der Waals surface area contributed by atoms with Gasteiger partial charge in [0.15, 0.2) is 5.78 Å². The minimum absolute atomic E-state index is 0.0728. The predicted molar refractivity (Wildman–Crippen MR) is 140 cm³/mol. The molecule has 0 aromatic heterocycles. The molecular weight excluding hydrogens is 434 g/mol. The average Bonchev–Trinajstić information content (AvgIpc) is 2.78. The van der Waals surface area contributed by atoms with E-state index in [1.54, 1.807) is 5.57 Å². The predicted octanol–water partition coefficient (Wildman–Crippen LogP) is 7.18. The van der Waals surface area contributed by atoms with Crippen LogP contribution < -0.4 is 0 Å². The number of fused-ring (bicyclic) bond motifs is 7. The van der Waals surface area contributed by atoms with Gasteiger partial charge in [0, 0.05) is 10.8 Å². The van der Waals surface area contributed by atoms with Crippen LogP contribution in [0.4, 0.5) is 0 Å². The number of carbonyl (C=O) groups excluding carboxylic acids is 1. The summed E-state index contributed by atoms with van der Waals surface area (Å²) in [7, 11) is 0. The summed E-state index contributed by atoms with van der Waals surface area (Å²) in [5.41, 5.74) is 2.85. The molecule has 7 atom stereocenters. The van der Waals surface area contributed by atoms with E-state index >= 15 is 0 Å². The van der Waals surface area contributed by atoms with Crippen molar-refractivity contribution in [2.75, 3.05) is 6.61 Å². The highest BCUT2D eigenvalue weighted by Crippen LogP contribution is 2.75. The van der Waals surface area contributed by atoms with Gasteiger partial charge in [-0.25, -0.2) is 0 Å². The molecule has 5 rings (SSSR count). The van der Waals surface area contributed by atoms with Gasteiger partial charge < -0.3 is 10.3 Å². The summed E-state index contributed by atoms with van der Waals surface area (Å²) in [6.07, 6.45) is 13.1. The molecule has 196 valence electrons. The summed E-state index contributed by atoms with van der Waals surface area (Å²) in [4.78, 5) is 13.3. The zero-order valence-electron chi connectivity index (χ0n) is 23.3. The van der Waals surface area contributed by atoms with Gasteiger partial charge in [-0.1, -0.05) is 65.3 Å². The molecule has 0 aromatic carbocycles. The van der Waals surface area contributed by atoms with Gasteiger partial charge in [0.25, 0.3) is 0 Å². The first-order chi connectivity index (χ1) is 16.2. The van der Waals surface area contributed by atoms with Gasteiger partial charge in [-0.05, 0) is 104 Å². The molecule has 0 radical (unpaired) electrons. The summed E-state index contributed by atoms with van der Waals surface area (Å²) in [6.45, 7) is 16.7. The molecule has 4 fully saturated rings. The van der Waals surface area contributed by atoms with Crippen LogP contribution in [-0.2, 0) is 4.79 Å². The third-order valence-electron chi connectivity index (χ3n) is 13.2. The van der Waals surface area contributed by atoms with Crippen molar-refractivity contribution in [3.63, 3.8) is 0 Å². The maximum absolute atomic E-state index is 13.3. The van der Waals surface area contributed by atoms with Crippen molar-refractivity contribution in [2.45, 2.75) is 113 Å². The maximum atomic E-state index is 13.3. The number of hydrogen-bond acceptors (Lipinski definition) is 4. The zero-order chi connectivity index (χ0) is 25.7. The highest BCUT2D eigenvalue weighted by molar-refractivity contribution is 5.90. The lowest BCUT2D eigenvalue weighted by Gasteiger charge is -2.71. The van der Waals surface area contributed by atoms with Crippen LogP contribution in [0.25, 0.3) is 0 Å². The van der Waals surface area contributed by atoms with Crippen LogP contribution in [0.3, 0.4) is 0 Å². The summed E-state index contributed by atoms with van der Waals surface area (Å²) in [6, 6.07) is 0. The number of allylic oxidation sites excluding steroid dienone is 2. The third kappa shape index (κ3) is 3.13. The van der Waals surface area contributed by atoms with E-state index in [9.17, 15) is 15.1 Å². The lowest BCUT2D eigenvalue weighted by Crippen LogP contribution is -2.64. The van der Waals surface area contributed by atoms with Crippen LogP contribution in [0.15, 0.2) is 16.8 Å². The van der Waals surface area contributed by atoms with E-state index < -0.39 is 0 Å². The number of oxime groups is 1. The summed E-state index contributed by atoms with van der Waals surface area (Å²) >= 11 is 0. The van der Waals surface area contributed by atoms with Crippen molar-refractivity contribution in [1.82, 2.24) is 0 Å². The first kappa shape index (κ1) is 25.5. The van der Waals surface area contributed by atoms with Crippen molar-refractivity contribution in [2.24, 2.45) is 55.4 Å². The fourth-order valence-corrected chi connectivity index (χ4v) is 10.9. The van der Waals surface area contributed by atoms with Crippen molar-refractivity contribution in [1.29, 1.82) is 0 Å². The molecule has 4 heteroatoms. The first-order valence-corrected chi connectivity index (χ1v) is 14.3. The van der Waals surface area contributed by atoms with Crippen LogP contribution in [0, 0.1) is 50.2 Å². The Labute approximate surface area is 213 Å². The molecule has 0 spiro atoms. The second-order valence-corrected chi connectivity index (χ2v) is 15.2. The number of aliphatic hydroxyl groups excluding tert-OH is 1. The van der Waals surface area contributed by atoms with Gasteiger partial charge >= 0.3 is 0 Å². The van der Waals surface area contributed by atoms with E-state index in [0.29, 0.717) is 11.8 Å². The Morgan fingerprint density at radius 1 is 0.971 bits per heavy atom. The molecule has 0 aromatic rings. The first-order valence-electron chi connectivity index (χ1n) is 14.3. The highest BCUT2D eigenvalue weighted by atomic mass is 16.4. The van der Waals surface area contributed by atoms with Crippen LogP contribution in [0.5, 0.6) is 0 Å². The molecule has 5 aliphatic rings. The Hall–Kier alpha value is -1.16. The number of aliphatic hydroxyl groups is 1. The maximum Gasteiger partial charge on any atom is 0.164 e. The largest absolute Gasteiger partial charge is 0.411 e. The Morgan fingerprint density at radius 2 is 1.66 bits per heavy atom. The number of nitrogens with zero attached hydrogens (tertiary/aromatic N) is 1. The van der Waals surface area contributed by atoms with Crippen molar-refractivity contribution < 1.29 is 15.1 Å². The normalized spacial score (nSPS) is 49.2. The Kier molecular flexibility index (Phi) is 5.59. The van der Waals surface area contributed by atoms with Gasteiger partial charge in [-0.3, -0.25) is 4.79 Å². The van der Waals surface area contributed by atoms with E-state index in [1.165, 1.54) is 12.8 Å². The fraction of sp³-hybridized carbons (Fsp3) is 0.871. The summed E-state index contributed by atoms with van der Waals surface area (Å²) < 4.78 is 0. The van der Waals surface area contributed by atoms with Gasteiger partial charge in [0.1, 0.15) is 6.61 Å². The van der Waals surface area contributed by atoms with Crippen LogP contribution in [0.1, 0.15) is 113 Å². The van der Waals surface area contributed by atoms with E-state index in [0.717, 1.165) is 57.1 Å². The lowest BCUT2D eigenvalue weighted by atomic mass is 9.33. The number of hydrogen-bond donors (Lipinski definition) is 2. The van der Waals surface area contributed by atoms with Gasteiger partial charge in [-0.15, -0.1) is 0 Å². The van der Waals surface area contributed by atoms with Crippen LogP contribution in [0.2, 0.25) is 0 Å². The second-order valence-electron chi connectivity index (χ2n) is 15.2. The number of Topliss-reactive ketones (excluding diaryl/α,β-unsaturated/α-hetero) is 1. The molecular formula is C31H49NO3. The molecule has 4 saturated carbocycles. The van der Waals surface area contributed by atoms with Crippen LogP contribution in [-0.4, -0.2) is 28.4 Å². The number of carbonyl (C=O) groups is 1. The van der Waals surface area contributed by atoms with Gasteiger partial charge in [0.2, 0.25) is 0 Å². The van der Waals surface area contributed by atoms with E-state index in [-0.39, 0.29) is 50.8 Å². The molecule has 0 amide bonds. The van der Waals surface area contributed by atoms with E-state index in [1.807, 2.05) is 0 Å². The Balaban J connectivity index is 1.60. The topological polar surface area (TPSA) is 69.9 Å². The SMILES string of the molecule is CC1(C)CC[C@]2(C(=O)CO)CC[C@]3(C)C(=CC[C@@H]4[C@@]5(C)CC/C(=N\O)C(C)(C)[C@@H]5CC[C@]43C)[C@@H]2C1. The fourth-order valence-electron chi connectivity index (χ4n) is 10.9. The third-order valence-corrected chi connectivity index (χ3v) is 13.2. The van der Waals surface area contributed by atoms with Gasteiger partial charge in [0.05, 0.1) is 5.71 Å². The van der Waals surface area contributed by atoms with Crippen molar-refractivity contribution >= 4 is 11.5 Å². The molecule has 0 aliphatic heterocycles. The van der Waals surface area contributed by atoms with Crippen molar-refractivity contribution in [3.8, 4) is 0 Å². The molecule has 4 nitrogen and oxygen atoms in total. The number of ketones is 1. The minimum atomic E-state index is -0.362. The molecule has 2 N–H and O–H groups in total. The quantitative estimate of drug-likeness (QED) is 0.248. The van der Waals surface area contributed by atoms with Crippen molar-refractivity contribution in [3.05, 3.63) is 11.6 Å². The van der Waals surface area contributed by atoms with E-state index in [2.05, 4.69) is 59.7 Å². The lowest BCUT2D eigenvalue weighted by molar-refractivity contribution is -0.170. The minimum Gasteiger partial charge on any atom is -0.411 e. The zero-order valence-corrected chi connectivity index (χ0v) is 23.3. The molecule has 35 heavy (non-hydrogen) atoms. The molecule has 0 saturated heterocycles. The molecule has 0 bridgehead atoms. The van der Waals surface area contributed by atoms with E-state index in [4.69, 9.17) is 0 Å². The Bertz CT molecular complexity index is 978. The monoisotopic (exact) mass is 483 g/mol. The average molecular weight is 484 g/mol. The second kappa shape index (κ2) is 7.68. The Morgan fingerprint density at radius 3 is 2.31 bits per heavy atom. The molecule has 0 unspecified atom stereocenters. The summed E-state index contributed by atoms with van der Waals surface area (Å²) in [5, 5.41) is 23.5. The van der Waals surface area contributed by atoms with Gasteiger partial charge in [-0.2, -0.15) is 0 Å². The number of rotatable bonds is 2. The molecule has 0 heterocycles.